The number of aryl methyl sites for hydroxylation is 2. The van der Waals surface area contributed by atoms with Gasteiger partial charge in [-0.15, -0.1) is 11.3 Å². The number of hydrogen-bond donors (Lipinski definition) is 1. The Labute approximate surface area is 130 Å². The molecule has 3 rings (SSSR count). The highest BCUT2D eigenvalue weighted by molar-refractivity contribution is 7.19. The van der Waals surface area contributed by atoms with Crippen LogP contribution >= 0.6 is 22.9 Å². The molecule has 112 valence electrons. The van der Waals surface area contributed by atoms with Crippen molar-refractivity contribution in [1.29, 1.82) is 0 Å². The maximum atomic E-state index is 10.4. The Morgan fingerprint density at radius 2 is 2.14 bits per heavy atom. The lowest BCUT2D eigenvalue weighted by atomic mass is 9.97. The highest BCUT2D eigenvalue weighted by atomic mass is 35.5. The van der Waals surface area contributed by atoms with Crippen LogP contribution in [-0.2, 0) is 28.8 Å². The maximum Gasteiger partial charge on any atom is 0.329 e. The molecule has 2 aromatic rings. The van der Waals surface area contributed by atoms with Gasteiger partial charge in [-0.25, -0.2) is 14.8 Å². The Bertz CT molecular complexity index is 686. The fourth-order valence-electron chi connectivity index (χ4n) is 2.59. The molecule has 1 N–H and O–H groups in total. The minimum atomic E-state index is -0.977. The molecular formula is C14H15ClN2O3S. The molecule has 0 unspecified atom stereocenters. The SMILES string of the molecule is O=C(O)COCCc1nc(Cl)c2c3c(sc2n1)CCCC3. The van der Waals surface area contributed by atoms with Crippen LogP contribution in [0.2, 0.25) is 5.15 Å². The van der Waals surface area contributed by atoms with Gasteiger partial charge in [-0.3, -0.25) is 0 Å². The van der Waals surface area contributed by atoms with Gasteiger partial charge in [0.15, 0.2) is 0 Å². The van der Waals surface area contributed by atoms with Gasteiger partial charge in [0, 0.05) is 11.3 Å². The van der Waals surface area contributed by atoms with Gasteiger partial charge in [-0.2, -0.15) is 0 Å². The van der Waals surface area contributed by atoms with Gasteiger partial charge >= 0.3 is 5.97 Å². The zero-order valence-electron chi connectivity index (χ0n) is 11.4. The van der Waals surface area contributed by atoms with E-state index < -0.39 is 5.97 Å². The third kappa shape index (κ3) is 3.17. The molecule has 0 radical (unpaired) electrons. The Kier molecular flexibility index (Phi) is 4.37. The molecule has 0 bridgehead atoms. The van der Waals surface area contributed by atoms with E-state index in [1.165, 1.54) is 23.3 Å². The van der Waals surface area contributed by atoms with Crippen molar-refractivity contribution in [2.75, 3.05) is 13.2 Å². The number of carbonyl (C=O) groups is 1. The predicted molar refractivity (Wildman–Crippen MR) is 81.2 cm³/mol. The molecule has 7 heteroatoms. The number of ether oxygens (including phenoxy) is 1. The van der Waals surface area contributed by atoms with E-state index in [0.717, 1.165) is 23.1 Å². The molecule has 0 atom stereocenters. The molecule has 2 heterocycles. The smallest absolute Gasteiger partial charge is 0.329 e. The number of thiophene rings is 1. The number of aliphatic carboxylic acids is 1. The fraction of sp³-hybridized carbons (Fsp3) is 0.500. The Morgan fingerprint density at radius 3 is 2.95 bits per heavy atom. The Hall–Kier alpha value is -1.24. The summed E-state index contributed by atoms with van der Waals surface area (Å²) in [4.78, 5) is 21.6. The zero-order chi connectivity index (χ0) is 14.8. The van der Waals surface area contributed by atoms with Crippen LogP contribution in [-0.4, -0.2) is 34.3 Å². The molecule has 0 amide bonds. The number of rotatable bonds is 5. The molecular weight excluding hydrogens is 312 g/mol. The van der Waals surface area contributed by atoms with Crippen LogP contribution in [0, 0.1) is 0 Å². The molecule has 5 nitrogen and oxygen atoms in total. The van der Waals surface area contributed by atoms with Crippen molar-refractivity contribution < 1.29 is 14.6 Å². The van der Waals surface area contributed by atoms with Crippen LogP contribution in [0.25, 0.3) is 10.2 Å². The lowest BCUT2D eigenvalue weighted by Gasteiger charge is -2.10. The fourth-order valence-corrected chi connectivity index (χ4v) is 4.23. The summed E-state index contributed by atoms with van der Waals surface area (Å²) >= 11 is 8.03. The molecule has 21 heavy (non-hydrogen) atoms. The first-order chi connectivity index (χ1) is 10.1. The van der Waals surface area contributed by atoms with E-state index in [4.69, 9.17) is 21.4 Å². The molecule has 0 spiro atoms. The van der Waals surface area contributed by atoms with Crippen molar-refractivity contribution in [3.63, 3.8) is 0 Å². The van der Waals surface area contributed by atoms with E-state index in [1.807, 2.05) is 0 Å². The van der Waals surface area contributed by atoms with Crippen LogP contribution in [0.3, 0.4) is 0 Å². The minimum absolute atomic E-state index is 0.277. The van der Waals surface area contributed by atoms with Crippen LogP contribution in [0.1, 0.15) is 29.1 Å². The molecule has 1 aliphatic rings. The first-order valence-electron chi connectivity index (χ1n) is 6.91. The predicted octanol–water partition coefficient (Wildman–Crippen LogP) is 2.87. The van der Waals surface area contributed by atoms with Crippen molar-refractivity contribution in [2.24, 2.45) is 0 Å². The Balaban J connectivity index is 1.81. The van der Waals surface area contributed by atoms with Crippen LogP contribution in [0.4, 0.5) is 0 Å². The molecule has 1 aliphatic carbocycles. The summed E-state index contributed by atoms with van der Waals surface area (Å²) < 4.78 is 5.01. The van der Waals surface area contributed by atoms with E-state index >= 15 is 0 Å². The lowest BCUT2D eigenvalue weighted by Crippen LogP contribution is -2.10. The third-order valence-corrected chi connectivity index (χ3v) is 4.97. The van der Waals surface area contributed by atoms with Gasteiger partial charge in [-0.05, 0) is 31.2 Å². The minimum Gasteiger partial charge on any atom is -0.480 e. The van der Waals surface area contributed by atoms with Crippen molar-refractivity contribution >= 4 is 39.1 Å². The summed E-state index contributed by atoms with van der Waals surface area (Å²) in [5.74, 6) is -0.369. The largest absolute Gasteiger partial charge is 0.480 e. The molecule has 0 aliphatic heterocycles. The number of aromatic nitrogens is 2. The van der Waals surface area contributed by atoms with E-state index in [0.29, 0.717) is 17.4 Å². The number of halogens is 1. The zero-order valence-corrected chi connectivity index (χ0v) is 13.0. The normalized spacial score (nSPS) is 14.3. The second-order valence-electron chi connectivity index (χ2n) is 5.02. The summed E-state index contributed by atoms with van der Waals surface area (Å²) in [6.45, 7) is -0.0253. The number of hydrogen-bond acceptors (Lipinski definition) is 5. The second kappa shape index (κ2) is 6.25. The third-order valence-electron chi connectivity index (χ3n) is 3.51. The highest BCUT2D eigenvalue weighted by Crippen LogP contribution is 2.38. The van der Waals surface area contributed by atoms with Crippen molar-refractivity contribution in [2.45, 2.75) is 32.1 Å². The maximum absolute atomic E-state index is 10.4. The van der Waals surface area contributed by atoms with Crippen molar-refractivity contribution in [3.05, 3.63) is 21.4 Å². The summed E-state index contributed by atoms with van der Waals surface area (Å²) in [5.41, 5.74) is 1.32. The second-order valence-corrected chi connectivity index (χ2v) is 6.46. The topological polar surface area (TPSA) is 72.3 Å². The number of fused-ring (bicyclic) bond motifs is 3. The average molecular weight is 327 g/mol. The summed E-state index contributed by atoms with van der Waals surface area (Å²) in [7, 11) is 0. The molecule has 0 aromatic carbocycles. The molecule has 0 saturated heterocycles. The monoisotopic (exact) mass is 326 g/mol. The van der Waals surface area contributed by atoms with E-state index in [2.05, 4.69) is 9.97 Å². The van der Waals surface area contributed by atoms with Gasteiger partial charge in [0.25, 0.3) is 0 Å². The van der Waals surface area contributed by atoms with Gasteiger partial charge < -0.3 is 9.84 Å². The quantitative estimate of drug-likeness (QED) is 0.675. The van der Waals surface area contributed by atoms with Gasteiger partial charge in [0.2, 0.25) is 0 Å². The summed E-state index contributed by atoms with van der Waals surface area (Å²) in [5, 5.41) is 10.0. The van der Waals surface area contributed by atoms with Crippen molar-refractivity contribution in [1.82, 2.24) is 9.97 Å². The molecule has 2 aromatic heterocycles. The first kappa shape index (κ1) is 14.7. The summed E-state index contributed by atoms with van der Waals surface area (Å²) in [6.07, 6.45) is 5.04. The molecule has 0 saturated carbocycles. The van der Waals surface area contributed by atoms with E-state index in [1.54, 1.807) is 11.3 Å². The van der Waals surface area contributed by atoms with E-state index in [-0.39, 0.29) is 13.2 Å². The van der Waals surface area contributed by atoms with Crippen molar-refractivity contribution in [3.8, 4) is 0 Å². The van der Waals surface area contributed by atoms with Gasteiger partial charge in [0.1, 0.15) is 22.4 Å². The van der Waals surface area contributed by atoms with Gasteiger partial charge in [0.05, 0.1) is 12.0 Å². The first-order valence-corrected chi connectivity index (χ1v) is 8.11. The lowest BCUT2D eigenvalue weighted by molar-refractivity contribution is -0.142. The van der Waals surface area contributed by atoms with Crippen LogP contribution in [0.15, 0.2) is 0 Å². The number of carboxylic acids is 1. The number of nitrogens with zero attached hydrogens (tertiary/aromatic N) is 2. The van der Waals surface area contributed by atoms with Crippen LogP contribution < -0.4 is 0 Å². The van der Waals surface area contributed by atoms with Crippen LogP contribution in [0.5, 0.6) is 0 Å². The highest BCUT2D eigenvalue weighted by Gasteiger charge is 2.20. The molecule has 0 fully saturated rings. The van der Waals surface area contributed by atoms with E-state index in [9.17, 15) is 4.79 Å². The standard InChI is InChI=1S/C14H15ClN2O3S/c15-13-12-8-3-1-2-4-9(8)21-14(12)17-10(16-13)5-6-20-7-11(18)19/h1-7H2,(H,18,19). The summed E-state index contributed by atoms with van der Waals surface area (Å²) in [6, 6.07) is 0. The number of carboxylic acid groups (broad SMARTS) is 1. The Morgan fingerprint density at radius 1 is 1.33 bits per heavy atom. The average Bonchev–Trinajstić information content (AvgIpc) is 2.82. The van der Waals surface area contributed by atoms with Gasteiger partial charge in [-0.1, -0.05) is 11.6 Å².